The standard InChI is InChI=1S/C26H33NO5/c1-31-22-8-7-21(16-28)25(14-22)27-11-9-18(10-12-27)17-32-23-4-2-3-20(13-23)24(15-26(29)30)19-5-6-19/h2-4,7-8,13-14,18-19,24,28H,5-6,9-12,15-17H2,1H3,(H,29,30). The van der Waals surface area contributed by atoms with Gasteiger partial charge < -0.3 is 24.6 Å². The number of ether oxygens (including phenoxy) is 2. The Morgan fingerprint density at radius 3 is 2.53 bits per heavy atom. The third kappa shape index (κ3) is 5.54. The highest BCUT2D eigenvalue weighted by Gasteiger charge is 2.34. The number of hydrogen-bond donors (Lipinski definition) is 2. The summed E-state index contributed by atoms with van der Waals surface area (Å²) in [4.78, 5) is 13.6. The van der Waals surface area contributed by atoms with E-state index in [1.54, 1.807) is 7.11 Å². The van der Waals surface area contributed by atoms with Crippen molar-refractivity contribution in [3.8, 4) is 11.5 Å². The number of carboxylic acids is 1. The molecule has 2 aliphatic rings. The van der Waals surface area contributed by atoms with Crippen LogP contribution in [0.15, 0.2) is 42.5 Å². The van der Waals surface area contributed by atoms with Gasteiger partial charge in [-0.25, -0.2) is 0 Å². The molecule has 2 aromatic rings. The van der Waals surface area contributed by atoms with Crippen LogP contribution in [-0.4, -0.2) is 43.0 Å². The molecule has 1 saturated carbocycles. The van der Waals surface area contributed by atoms with Gasteiger partial charge in [-0.15, -0.1) is 0 Å². The van der Waals surface area contributed by atoms with Crippen molar-refractivity contribution in [1.82, 2.24) is 0 Å². The number of aliphatic hydroxyl groups is 1. The van der Waals surface area contributed by atoms with E-state index in [2.05, 4.69) is 4.90 Å². The summed E-state index contributed by atoms with van der Waals surface area (Å²) in [6.07, 6.45) is 4.46. The van der Waals surface area contributed by atoms with Crippen LogP contribution in [0.5, 0.6) is 11.5 Å². The summed E-state index contributed by atoms with van der Waals surface area (Å²) >= 11 is 0. The maximum atomic E-state index is 11.3. The molecule has 1 aliphatic heterocycles. The fraction of sp³-hybridized carbons (Fsp3) is 0.500. The molecule has 1 unspecified atom stereocenters. The summed E-state index contributed by atoms with van der Waals surface area (Å²) in [5.41, 5.74) is 3.05. The molecule has 2 aromatic carbocycles. The zero-order chi connectivity index (χ0) is 22.5. The smallest absolute Gasteiger partial charge is 0.303 e. The molecule has 0 spiro atoms. The van der Waals surface area contributed by atoms with Crippen LogP contribution in [-0.2, 0) is 11.4 Å². The average molecular weight is 440 g/mol. The summed E-state index contributed by atoms with van der Waals surface area (Å²) in [7, 11) is 1.66. The summed E-state index contributed by atoms with van der Waals surface area (Å²) in [5.74, 6) is 1.94. The number of carboxylic acid groups (broad SMARTS) is 1. The van der Waals surface area contributed by atoms with Gasteiger partial charge in [0.15, 0.2) is 0 Å². The zero-order valence-electron chi connectivity index (χ0n) is 18.7. The number of carbonyl (C=O) groups is 1. The molecular formula is C26H33NO5. The van der Waals surface area contributed by atoms with Crippen molar-refractivity contribution in [2.75, 3.05) is 31.7 Å². The lowest BCUT2D eigenvalue weighted by Gasteiger charge is -2.34. The predicted octanol–water partition coefficient (Wildman–Crippen LogP) is 4.45. The highest BCUT2D eigenvalue weighted by Crippen LogP contribution is 2.45. The number of hydrogen-bond acceptors (Lipinski definition) is 5. The summed E-state index contributed by atoms with van der Waals surface area (Å²) < 4.78 is 11.5. The molecule has 6 heteroatoms. The molecule has 1 saturated heterocycles. The predicted molar refractivity (Wildman–Crippen MR) is 124 cm³/mol. The summed E-state index contributed by atoms with van der Waals surface area (Å²) in [6, 6.07) is 13.8. The van der Waals surface area contributed by atoms with E-state index < -0.39 is 5.97 Å². The Morgan fingerprint density at radius 2 is 1.88 bits per heavy atom. The van der Waals surface area contributed by atoms with Crippen molar-refractivity contribution in [2.45, 2.75) is 44.6 Å². The van der Waals surface area contributed by atoms with Crippen LogP contribution in [0, 0.1) is 11.8 Å². The molecule has 0 bridgehead atoms. The second-order valence-electron chi connectivity index (χ2n) is 9.01. The molecule has 2 N–H and O–H groups in total. The highest BCUT2D eigenvalue weighted by molar-refractivity contribution is 5.68. The van der Waals surface area contributed by atoms with Gasteiger partial charge in [-0.1, -0.05) is 18.2 Å². The maximum Gasteiger partial charge on any atom is 0.303 e. The second kappa shape index (κ2) is 10.3. The fourth-order valence-electron chi connectivity index (χ4n) is 4.73. The second-order valence-corrected chi connectivity index (χ2v) is 9.01. The van der Waals surface area contributed by atoms with E-state index in [4.69, 9.17) is 9.47 Å². The van der Waals surface area contributed by atoms with Crippen molar-refractivity contribution in [2.24, 2.45) is 11.8 Å². The van der Waals surface area contributed by atoms with E-state index in [0.717, 1.165) is 67.1 Å². The van der Waals surface area contributed by atoms with Crippen molar-refractivity contribution < 1.29 is 24.5 Å². The molecule has 0 amide bonds. The molecule has 0 radical (unpaired) electrons. The number of methoxy groups -OCH3 is 1. The van der Waals surface area contributed by atoms with Gasteiger partial charge in [0.2, 0.25) is 0 Å². The maximum absolute atomic E-state index is 11.3. The first-order valence-electron chi connectivity index (χ1n) is 11.5. The monoisotopic (exact) mass is 439 g/mol. The molecule has 1 aliphatic carbocycles. The van der Waals surface area contributed by atoms with E-state index in [1.165, 1.54) is 0 Å². The fourth-order valence-corrected chi connectivity index (χ4v) is 4.73. The van der Waals surface area contributed by atoms with Gasteiger partial charge in [0, 0.05) is 30.4 Å². The minimum atomic E-state index is -0.736. The Morgan fingerprint density at radius 1 is 1.09 bits per heavy atom. The summed E-state index contributed by atoms with van der Waals surface area (Å²) in [6.45, 7) is 2.50. The lowest BCUT2D eigenvalue weighted by atomic mass is 9.91. The zero-order valence-corrected chi connectivity index (χ0v) is 18.7. The van der Waals surface area contributed by atoms with Gasteiger partial charge in [0.1, 0.15) is 11.5 Å². The molecule has 2 fully saturated rings. The highest BCUT2D eigenvalue weighted by atomic mass is 16.5. The SMILES string of the molecule is COc1ccc(CO)c(N2CCC(COc3cccc(C(CC(=O)O)C4CC4)c3)CC2)c1. The Kier molecular flexibility index (Phi) is 7.20. The van der Waals surface area contributed by atoms with E-state index >= 15 is 0 Å². The van der Waals surface area contributed by atoms with Gasteiger partial charge in [0.25, 0.3) is 0 Å². The minimum Gasteiger partial charge on any atom is -0.497 e. The van der Waals surface area contributed by atoms with Gasteiger partial charge in [-0.2, -0.15) is 0 Å². The quantitative estimate of drug-likeness (QED) is 0.569. The molecule has 172 valence electrons. The molecule has 1 atom stereocenters. The molecule has 6 nitrogen and oxygen atoms in total. The van der Waals surface area contributed by atoms with Gasteiger partial charge in [-0.05, 0) is 67.2 Å². The topological polar surface area (TPSA) is 79.2 Å². The van der Waals surface area contributed by atoms with Crippen molar-refractivity contribution in [3.63, 3.8) is 0 Å². The summed E-state index contributed by atoms with van der Waals surface area (Å²) in [5, 5.41) is 19.0. The van der Waals surface area contributed by atoms with Crippen LogP contribution in [0.3, 0.4) is 0 Å². The lowest BCUT2D eigenvalue weighted by molar-refractivity contribution is -0.137. The van der Waals surface area contributed by atoms with Gasteiger partial charge in [-0.3, -0.25) is 4.79 Å². The van der Waals surface area contributed by atoms with Crippen LogP contribution >= 0.6 is 0 Å². The number of anilines is 1. The number of nitrogens with zero attached hydrogens (tertiary/aromatic N) is 1. The number of aliphatic carboxylic acids is 1. The van der Waals surface area contributed by atoms with Crippen molar-refractivity contribution >= 4 is 11.7 Å². The molecular weight excluding hydrogens is 406 g/mol. The van der Waals surface area contributed by atoms with Gasteiger partial charge >= 0.3 is 5.97 Å². The van der Waals surface area contributed by atoms with Crippen molar-refractivity contribution in [1.29, 1.82) is 0 Å². The van der Waals surface area contributed by atoms with E-state index in [0.29, 0.717) is 18.4 Å². The lowest BCUT2D eigenvalue weighted by Crippen LogP contribution is -2.36. The molecule has 4 rings (SSSR count). The van der Waals surface area contributed by atoms with Crippen molar-refractivity contribution in [3.05, 3.63) is 53.6 Å². The van der Waals surface area contributed by atoms with Crippen LogP contribution in [0.1, 0.15) is 49.1 Å². The molecule has 32 heavy (non-hydrogen) atoms. The Balaban J connectivity index is 1.32. The number of rotatable bonds is 10. The average Bonchev–Trinajstić information content (AvgIpc) is 3.66. The number of piperidine rings is 1. The van der Waals surface area contributed by atoms with E-state index in [1.807, 2.05) is 42.5 Å². The Labute approximate surface area is 189 Å². The molecule has 0 aromatic heterocycles. The van der Waals surface area contributed by atoms with Crippen LogP contribution < -0.4 is 14.4 Å². The van der Waals surface area contributed by atoms with Crippen LogP contribution in [0.2, 0.25) is 0 Å². The first kappa shape index (κ1) is 22.5. The minimum absolute atomic E-state index is 0.0163. The first-order chi connectivity index (χ1) is 15.6. The van der Waals surface area contributed by atoms with Crippen LogP contribution in [0.25, 0.3) is 0 Å². The van der Waals surface area contributed by atoms with Gasteiger partial charge in [0.05, 0.1) is 26.7 Å². The number of aliphatic hydroxyl groups excluding tert-OH is 1. The van der Waals surface area contributed by atoms with E-state index in [9.17, 15) is 15.0 Å². The van der Waals surface area contributed by atoms with E-state index in [-0.39, 0.29) is 18.9 Å². The Bertz CT molecular complexity index is 918. The number of benzene rings is 2. The third-order valence-electron chi connectivity index (χ3n) is 6.78. The Hall–Kier alpha value is -2.73. The third-order valence-corrected chi connectivity index (χ3v) is 6.78. The molecule has 1 heterocycles. The largest absolute Gasteiger partial charge is 0.497 e. The van der Waals surface area contributed by atoms with Crippen LogP contribution in [0.4, 0.5) is 5.69 Å². The first-order valence-corrected chi connectivity index (χ1v) is 11.5. The normalized spacial score (nSPS) is 17.8.